The van der Waals surface area contributed by atoms with Crippen LogP contribution < -0.4 is 10.4 Å². The van der Waals surface area contributed by atoms with Gasteiger partial charge in [0, 0.05) is 37.3 Å². The number of amides is 1. The lowest BCUT2D eigenvalue weighted by atomic mass is 9.75. The van der Waals surface area contributed by atoms with Gasteiger partial charge in [0.15, 0.2) is 0 Å². The molecule has 2 rings (SSSR count). The molecule has 1 aliphatic rings. The molecule has 1 fully saturated rings. The van der Waals surface area contributed by atoms with Crippen LogP contribution in [0.4, 0.5) is 10.5 Å². The van der Waals surface area contributed by atoms with Crippen LogP contribution in [0.3, 0.4) is 0 Å². The van der Waals surface area contributed by atoms with Gasteiger partial charge >= 0.3 is 13.2 Å². The molecule has 29 heavy (non-hydrogen) atoms. The van der Waals surface area contributed by atoms with Crippen molar-refractivity contribution in [2.24, 2.45) is 0 Å². The number of anilines is 1. The molecule has 1 heterocycles. The summed E-state index contributed by atoms with van der Waals surface area (Å²) in [6, 6.07) is 7.51. The minimum absolute atomic E-state index is 0.305. The predicted molar refractivity (Wildman–Crippen MR) is 116 cm³/mol. The van der Waals surface area contributed by atoms with Crippen LogP contribution in [0.2, 0.25) is 0 Å². The fraction of sp³-hybridized carbons (Fsp3) is 0.667. The number of benzene rings is 1. The van der Waals surface area contributed by atoms with E-state index in [1.807, 2.05) is 45.0 Å². The summed E-state index contributed by atoms with van der Waals surface area (Å²) in [6.07, 6.45) is -0.305. The van der Waals surface area contributed by atoms with Crippen LogP contribution in [-0.2, 0) is 9.39 Å². The number of nitrogens with zero attached hydrogens (tertiary/aromatic N) is 2. The van der Waals surface area contributed by atoms with Crippen LogP contribution in [0.5, 0.6) is 0 Å². The van der Waals surface area contributed by atoms with Crippen molar-refractivity contribution < 1.29 is 24.3 Å². The Labute approximate surface area is 174 Å². The first-order valence-corrected chi connectivity index (χ1v) is 10.1. The summed E-state index contributed by atoms with van der Waals surface area (Å²) in [5.74, 6) is 0. The lowest BCUT2D eigenvalue weighted by Crippen LogP contribution is -2.55. The first-order valence-electron chi connectivity index (χ1n) is 10.1. The minimum Gasteiger partial charge on any atom is -0.444 e. The summed E-state index contributed by atoms with van der Waals surface area (Å²) in [4.78, 5) is 16.1. The third kappa shape index (κ3) is 6.11. The van der Waals surface area contributed by atoms with Gasteiger partial charge in [-0.1, -0.05) is 18.2 Å². The van der Waals surface area contributed by atoms with Gasteiger partial charge in [-0.15, -0.1) is 0 Å². The fourth-order valence-electron chi connectivity index (χ4n) is 2.93. The molecule has 1 aromatic carbocycles. The molecule has 1 aromatic rings. The Kier molecular flexibility index (Phi) is 6.92. The first-order chi connectivity index (χ1) is 13.2. The molecule has 0 aromatic heterocycles. The number of carbonyl (C=O) groups is 1. The topological polar surface area (TPSA) is 82.5 Å². The molecule has 1 aliphatic heterocycles. The number of hydrogen-bond acceptors (Lipinski definition) is 6. The fourth-order valence-corrected chi connectivity index (χ4v) is 2.93. The van der Waals surface area contributed by atoms with Crippen LogP contribution in [0.15, 0.2) is 24.3 Å². The van der Waals surface area contributed by atoms with Crippen molar-refractivity contribution in [2.45, 2.75) is 65.3 Å². The molecule has 0 atom stereocenters. The number of ether oxygens (including phenoxy) is 1. The average molecular weight is 406 g/mol. The van der Waals surface area contributed by atoms with E-state index in [2.05, 4.69) is 4.90 Å². The lowest BCUT2D eigenvalue weighted by molar-refractivity contribution is -0.0982. The van der Waals surface area contributed by atoms with E-state index in [9.17, 15) is 14.9 Å². The Bertz CT molecular complexity index is 704. The molecule has 162 valence electrons. The maximum absolute atomic E-state index is 12.3. The molecule has 0 bridgehead atoms. The second-order valence-electron chi connectivity index (χ2n) is 9.55. The molecule has 0 aliphatic carbocycles. The van der Waals surface area contributed by atoms with Crippen molar-refractivity contribution in [2.75, 3.05) is 31.1 Å². The normalized spacial score (nSPS) is 16.0. The SMILES string of the molecule is CC(C)(C)OC(=O)N1CCN(c2ccccc2B(O)OC(C)(C)C(C)(C)O)CC1. The van der Waals surface area contributed by atoms with Crippen LogP contribution in [0, 0.1) is 0 Å². The molecule has 8 heteroatoms. The highest BCUT2D eigenvalue weighted by Gasteiger charge is 2.40. The first kappa shape index (κ1) is 23.5. The molecular weight excluding hydrogens is 371 g/mol. The van der Waals surface area contributed by atoms with Gasteiger partial charge in [-0.05, 0) is 54.5 Å². The Morgan fingerprint density at radius 1 is 1.00 bits per heavy atom. The van der Waals surface area contributed by atoms with E-state index in [0.29, 0.717) is 31.6 Å². The average Bonchev–Trinajstić information content (AvgIpc) is 2.59. The van der Waals surface area contributed by atoms with E-state index in [1.54, 1.807) is 32.6 Å². The predicted octanol–water partition coefficient (Wildman–Crippen LogP) is 2.00. The summed E-state index contributed by atoms with van der Waals surface area (Å²) < 4.78 is 11.3. The van der Waals surface area contributed by atoms with E-state index in [0.717, 1.165) is 5.69 Å². The minimum atomic E-state index is -1.18. The van der Waals surface area contributed by atoms with Gasteiger partial charge in [-0.3, -0.25) is 0 Å². The van der Waals surface area contributed by atoms with Crippen LogP contribution >= 0.6 is 0 Å². The highest BCUT2D eigenvalue weighted by molar-refractivity contribution is 6.62. The number of rotatable bonds is 5. The number of hydrogen-bond donors (Lipinski definition) is 2. The molecule has 1 amide bonds. The van der Waals surface area contributed by atoms with Crippen molar-refractivity contribution in [3.63, 3.8) is 0 Å². The standard InChI is InChI=1S/C21H35BN2O5/c1-19(2,3)28-18(25)24-14-12-23(13-15-24)17-11-9-8-10-16(17)22(27)29-21(6,7)20(4,5)26/h8-11,26-27H,12-15H2,1-7H3. The van der Waals surface area contributed by atoms with Gasteiger partial charge in [-0.25, -0.2) is 4.79 Å². The zero-order valence-corrected chi connectivity index (χ0v) is 18.7. The molecule has 0 saturated carbocycles. The number of piperazine rings is 1. The van der Waals surface area contributed by atoms with E-state index in [1.165, 1.54) is 0 Å². The molecule has 0 radical (unpaired) electrons. The van der Waals surface area contributed by atoms with Gasteiger partial charge in [0.1, 0.15) is 5.60 Å². The highest BCUT2D eigenvalue weighted by Crippen LogP contribution is 2.26. The highest BCUT2D eigenvalue weighted by atomic mass is 16.6. The Hall–Kier alpha value is -1.77. The van der Waals surface area contributed by atoms with Crippen molar-refractivity contribution in [3.8, 4) is 0 Å². The van der Waals surface area contributed by atoms with Crippen molar-refractivity contribution in [3.05, 3.63) is 24.3 Å². The second-order valence-corrected chi connectivity index (χ2v) is 9.55. The monoisotopic (exact) mass is 406 g/mol. The summed E-state index contributed by atoms with van der Waals surface area (Å²) in [7, 11) is -1.18. The Morgan fingerprint density at radius 3 is 2.07 bits per heavy atom. The van der Waals surface area contributed by atoms with E-state index in [-0.39, 0.29) is 6.09 Å². The zero-order valence-electron chi connectivity index (χ0n) is 18.7. The summed E-state index contributed by atoms with van der Waals surface area (Å²) in [5.41, 5.74) is -1.10. The maximum Gasteiger partial charge on any atom is 0.493 e. The lowest BCUT2D eigenvalue weighted by Gasteiger charge is -2.40. The second kappa shape index (κ2) is 8.54. The molecule has 2 N–H and O–H groups in total. The summed E-state index contributed by atoms with van der Waals surface area (Å²) in [5, 5.41) is 21.1. The summed E-state index contributed by atoms with van der Waals surface area (Å²) >= 11 is 0. The zero-order chi connectivity index (χ0) is 22.0. The number of aliphatic hydroxyl groups is 1. The largest absolute Gasteiger partial charge is 0.493 e. The van der Waals surface area contributed by atoms with E-state index in [4.69, 9.17) is 9.39 Å². The van der Waals surface area contributed by atoms with Crippen LogP contribution in [0.25, 0.3) is 0 Å². The molecule has 1 saturated heterocycles. The third-order valence-corrected chi connectivity index (χ3v) is 5.35. The smallest absolute Gasteiger partial charge is 0.444 e. The van der Waals surface area contributed by atoms with E-state index >= 15 is 0 Å². The molecular formula is C21H35BN2O5. The van der Waals surface area contributed by atoms with Crippen LogP contribution in [0.1, 0.15) is 48.5 Å². The maximum atomic E-state index is 12.3. The Balaban J connectivity index is 2.09. The van der Waals surface area contributed by atoms with Gasteiger partial charge in [0.05, 0.1) is 11.2 Å². The Morgan fingerprint density at radius 2 is 1.55 bits per heavy atom. The molecule has 7 nitrogen and oxygen atoms in total. The van der Waals surface area contributed by atoms with Crippen molar-refractivity contribution >= 4 is 24.4 Å². The van der Waals surface area contributed by atoms with Gasteiger partial charge in [-0.2, -0.15) is 0 Å². The number of carbonyl (C=O) groups excluding carboxylic acids is 1. The van der Waals surface area contributed by atoms with Gasteiger partial charge < -0.3 is 29.3 Å². The quantitative estimate of drug-likeness (QED) is 0.728. The van der Waals surface area contributed by atoms with Gasteiger partial charge in [0.2, 0.25) is 0 Å². The van der Waals surface area contributed by atoms with Crippen molar-refractivity contribution in [1.82, 2.24) is 4.90 Å². The van der Waals surface area contributed by atoms with Gasteiger partial charge in [0.25, 0.3) is 0 Å². The summed E-state index contributed by atoms with van der Waals surface area (Å²) in [6.45, 7) is 14.7. The van der Waals surface area contributed by atoms with Crippen LogP contribution in [-0.4, -0.2) is 71.2 Å². The molecule has 0 unspecified atom stereocenters. The van der Waals surface area contributed by atoms with Crippen molar-refractivity contribution in [1.29, 1.82) is 0 Å². The third-order valence-electron chi connectivity index (χ3n) is 5.35. The number of para-hydroxylation sites is 1. The molecule has 0 spiro atoms. The van der Waals surface area contributed by atoms with E-state index < -0.39 is 23.9 Å².